The average molecular weight is 425 g/mol. The van der Waals surface area contributed by atoms with Crippen LogP contribution in [0.15, 0.2) is 24.3 Å². The highest BCUT2D eigenvalue weighted by atomic mass is 32.2. The predicted octanol–water partition coefficient (Wildman–Crippen LogP) is 3.28. The number of nitrogens with one attached hydrogen (secondary N) is 2. The van der Waals surface area contributed by atoms with Gasteiger partial charge in [-0.1, -0.05) is 24.7 Å². The van der Waals surface area contributed by atoms with Crippen molar-refractivity contribution >= 4 is 38.2 Å². The number of carbonyl (C=O) groups is 1. The Kier molecular flexibility index (Phi) is 6.53. The zero-order valence-electron chi connectivity index (χ0n) is 15.9. The molecule has 0 fully saturated rings. The first-order chi connectivity index (χ1) is 13.3. The van der Waals surface area contributed by atoms with Gasteiger partial charge in [0, 0.05) is 30.1 Å². The maximum atomic E-state index is 12.2. The minimum atomic E-state index is -3.23. The number of hydrogen-bond donors (Lipinski definition) is 2. The molecule has 1 aromatic carbocycles. The Morgan fingerprint density at radius 1 is 1.29 bits per heavy atom. The number of anilines is 2. The van der Waals surface area contributed by atoms with Crippen LogP contribution in [0.2, 0.25) is 0 Å². The van der Waals surface area contributed by atoms with Crippen molar-refractivity contribution in [1.82, 2.24) is 9.29 Å². The summed E-state index contributed by atoms with van der Waals surface area (Å²) in [4.78, 5) is 17.5. The first-order valence-electron chi connectivity index (χ1n) is 9.09. The van der Waals surface area contributed by atoms with Gasteiger partial charge in [0.25, 0.3) is 0 Å². The third kappa shape index (κ3) is 5.43. The Hall–Kier alpha value is -2.17. The number of hydrogen-bond acceptors (Lipinski definition) is 6. The van der Waals surface area contributed by atoms with E-state index in [2.05, 4.69) is 22.5 Å². The Morgan fingerprint density at radius 2 is 2.04 bits per heavy atom. The predicted molar refractivity (Wildman–Crippen MR) is 111 cm³/mol. The van der Waals surface area contributed by atoms with Crippen LogP contribution in [0, 0.1) is 0 Å². The van der Waals surface area contributed by atoms with Crippen molar-refractivity contribution in [3.05, 3.63) is 34.8 Å². The van der Waals surface area contributed by atoms with Gasteiger partial charge < -0.3 is 10.1 Å². The molecule has 10 heteroatoms. The molecule has 2 aromatic rings. The van der Waals surface area contributed by atoms with Crippen molar-refractivity contribution < 1.29 is 17.9 Å². The zero-order chi connectivity index (χ0) is 20.1. The number of nitrogens with zero attached hydrogens (tertiary/aromatic N) is 2. The minimum absolute atomic E-state index is 0.300. The lowest BCUT2D eigenvalue weighted by atomic mass is 10.2. The van der Waals surface area contributed by atoms with E-state index in [-0.39, 0.29) is 0 Å². The third-order valence-electron chi connectivity index (χ3n) is 4.26. The Bertz CT molecular complexity index is 926. The highest BCUT2D eigenvalue weighted by Gasteiger charge is 2.26. The molecule has 0 aliphatic carbocycles. The summed E-state index contributed by atoms with van der Waals surface area (Å²) in [7, 11) is -3.23. The number of urea groups is 1. The van der Waals surface area contributed by atoms with E-state index in [1.807, 2.05) is 12.1 Å². The number of fused-ring (bicyclic) bond motifs is 1. The summed E-state index contributed by atoms with van der Waals surface area (Å²) in [6.07, 6.45) is 3.82. The highest BCUT2D eigenvalue weighted by molar-refractivity contribution is 7.88. The smallest absolute Gasteiger partial charge is 0.325 e. The number of carbonyl (C=O) groups excluding carboxylic acids is 1. The topological polar surface area (TPSA) is 101 Å². The van der Waals surface area contributed by atoms with Crippen molar-refractivity contribution in [3.8, 4) is 5.75 Å². The van der Waals surface area contributed by atoms with Gasteiger partial charge in [-0.3, -0.25) is 5.32 Å². The summed E-state index contributed by atoms with van der Waals surface area (Å²) in [5.74, 6) is 0.766. The molecule has 1 aliphatic heterocycles. The van der Waals surface area contributed by atoms with Crippen molar-refractivity contribution in [2.45, 2.75) is 32.7 Å². The second kappa shape index (κ2) is 8.89. The molecular weight excluding hydrogens is 400 g/mol. The molecule has 0 unspecified atom stereocenters. The van der Waals surface area contributed by atoms with E-state index in [1.54, 1.807) is 12.1 Å². The molecule has 0 saturated heterocycles. The second-order valence-corrected chi connectivity index (χ2v) is 9.61. The number of unbranched alkanes of at least 4 members (excludes halogenated alkanes) is 1. The monoisotopic (exact) mass is 424 g/mol. The number of sulfonamides is 1. The molecule has 2 heterocycles. The van der Waals surface area contributed by atoms with E-state index in [1.165, 1.54) is 21.9 Å². The summed E-state index contributed by atoms with van der Waals surface area (Å²) < 4.78 is 30.4. The first kappa shape index (κ1) is 20.6. The molecule has 2 amide bonds. The van der Waals surface area contributed by atoms with Gasteiger partial charge in [0.2, 0.25) is 10.0 Å². The van der Waals surface area contributed by atoms with Crippen molar-refractivity contribution in [1.29, 1.82) is 0 Å². The maximum absolute atomic E-state index is 12.2. The van der Waals surface area contributed by atoms with Crippen LogP contribution in [0.25, 0.3) is 0 Å². The largest absolute Gasteiger partial charge is 0.494 e. The number of thiazole rings is 1. The number of amides is 2. The van der Waals surface area contributed by atoms with Gasteiger partial charge in [-0.05, 0) is 30.7 Å². The number of ether oxygens (including phenoxy) is 1. The molecular formula is C18H24N4O4S2. The quantitative estimate of drug-likeness (QED) is 0.664. The van der Waals surface area contributed by atoms with E-state index in [0.717, 1.165) is 29.2 Å². The molecule has 1 aromatic heterocycles. The minimum Gasteiger partial charge on any atom is -0.494 e. The fourth-order valence-electron chi connectivity index (χ4n) is 2.74. The number of aromatic nitrogens is 1. The van der Waals surface area contributed by atoms with Gasteiger partial charge in [0.1, 0.15) is 5.75 Å². The summed E-state index contributed by atoms with van der Waals surface area (Å²) >= 11 is 1.30. The van der Waals surface area contributed by atoms with Gasteiger partial charge in [0.05, 0.1) is 18.6 Å². The third-order valence-corrected chi connectivity index (χ3v) is 6.51. The summed E-state index contributed by atoms with van der Waals surface area (Å²) in [5, 5.41) is 5.92. The van der Waals surface area contributed by atoms with Crippen LogP contribution in [-0.2, 0) is 23.0 Å². The average Bonchev–Trinajstić information content (AvgIpc) is 3.03. The Labute approximate surface area is 169 Å². The van der Waals surface area contributed by atoms with Gasteiger partial charge in [-0.15, -0.1) is 0 Å². The van der Waals surface area contributed by atoms with Crippen molar-refractivity contribution in [3.63, 3.8) is 0 Å². The van der Waals surface area contributed by atoms with Gasteiger partial charge in [0.15, 0.2) is 5.13 Å². The molecule has 0 bridgehead atoms. The highest BCUT2D eigenvalue weighted by Crippen LogP contribution is 2.29. The van der Waals surface area contributed by atoms with Crippen LogP contribution < -0.4 is 15.4 Å². The Balaban J connectivity index is 1.55. The van der Waals surface area contributed by atoms with E-state index >= 15 is 0 Å². The van der Waals surface area contributed by atoms with E-state index in [0.29, 0.717) is 36.9 Å². The van der Waals surface area contributed by atoms with Gasteiger partial charge in [-0.2, -0.15) is 4.31 Å². The molecule has 8 nitrogen and oxygen atoms in total. The van der Waals surface area contributed by atoms with Crippen LogP contribution in [0.3, 0.4) is 0 Å². The fraction of sp³-hybridized carbons (Fsp3) is 0.444. The number of benzene rings is 1. The molecule has 28 heavy (non-hydrogen) atoms. The van der Waals surface area contributed by atoms with Crippen LogP contribution >= 0.6 is 11.3 Å². The standard InChI is InChI=1S/C18H24N4O4S2/c1-3-4-11-26-14-7-5-13(6-8-14)19-17(23)21-18-20-15-9-10-22(28(2,24)25)12-16(15)27-18/h5-8H,3-4,9-12H2,1-2H3,(H2,19,20,21,23). The van der Waals surface area contributed by atoms with Crippen LogP contribution in [0.4, 0.5) is 15.6 Å². The van der Waals surface area contributed by atoms with E-state index in [4.69, 9.17) is 4.74 Å². The molecule has 152 valence electrons. The zero-order valence-corrected chi connectivity index (χ0v) is 17.5. The van der Waals surface area contributed by atoms with E-state index in [9.17, 15) is 13.2 Å². The second-order valence-electron chi connectivity index (χ2n) is 6.54. The Morgan fingerprint density at radius 3 is 2.71 bits per heavy atom. The summed E-state index contributed by atoms with van der Waals surface area (Å²) in [6, 6.07) is 6.78. The molecule has 0 saturated carbocycles. The molecule has 0 radical (unpaired) electrons. The molecule has 1 aliphatic rings. The van der Waals surface area contributed by atoms with Crippen LogP contribution in [0.5, 0.6) is 5.75 Å². The van der Waals surface area contributed by atoms with Crippen molar-refractivity contribution in [2.75, 3.05) is 30.0 Å². The molecule has 0 atom stereocenters. The van der Waals surface area contributed by atoms with Crippen LogP contribution in [0.1, 0.15) is 30.3 Å². The van der Waals surface area contributed by atoms with Gasteiger partial charge >= 0.3 is 6.03 Å². The SMILES string of the molecule is CCCCOc1ccc(NC(=O)Nc2nc3c(s2)CN(S(C)(=O)=O)CC3)cc1. The lowest BCUT2D eigenvalue weighted by Crippen LogP contribution is -2.34. The fourth-order valence-corrected chi connectivity index (χ4v) is 4.62. The lowest BCUT2D eigenvalue weighted by molar-refractivity contribution is 0.262. The first-order valence-corrected chi connectivity index (χ1v) is 11.8. The van der Waals surface area contributed by atoms with Crippen LogP contribution in [-0.4, -0.2) is 43.1 Å². The van der Waals surface area contributed by atoms with Crippen molar-refractivity contribution in [2.24, 2.45) is 0 Å². The summed E-state index contributed by atoms with van der Waals surface area (Å²) in [5.41, 5.74) is 1.48. The van der Waals surface area contributed by atoms with E-state index < -0.39 is 16.1 Å². The molecule has 3 rings (SSSR count). The maximum Gasteiger partial charge on any atom is 0.325 e. The normalized spacial score (nSPS) is 14.4. The summed E-state index contributed by atoms with van der Waals surface area (Å²) in [6.45, 7) is 3.49. The molecule has 2 N–H and O–H groups in total. The molecule has 0 spiro atoms. The van der Waals surface area contributed by atoms with Gasteiger partial charge in [-0.25, -0.2) is 18.2 Å². The lowest BCUT2D eigenvalue weighted by Gasteiger charge is -2.23. The number of rotatable bonds is 7.